The summed E-state index contributed by atoms with van der Waals surface area (Å²) in [6.45, 7) is 1.17. The average Bonchev–Trinajstić information content (AvgIpc) is 2.38. The second-order valence-corrected chi connectivity index (χ2v) is 6.64. The zero-order valence-electron chi connectivity index (χ0n) is 10.8. The monoisotopic (exact) mass is 269 g/mol. The van der Waals surface area contributed by atoms with Gasteiger partial charge in [0.25, 0.3) is 0 Å². The molecule has 1 saturated heterocycles. The number of piperidine rings is 1. The van der Waals surface area contributed by atoms with E-state index in [0.717, 1.165) is 24.4 Å². The molecule has 18 heavy (non-hydrogen) atoms. The normalized spacial score (nSPS) is 21.8. The number of nitrogens with one attached hydrogen (secondary N) is 1. The minimum atomic E-state index is -3.09. The summed E-state index contributed by atoms with van der Waals surface area (Å²) in [6, 6.07) is 5.82. The zero-order valence-corrected chi connectivity index (χ0v) is 11.6. The maximum absolute atomic E-state index is 11.6. The lowest BCUT2D eigenvalue weighted by molar-refractivity contribution is 0.314. The molecule has 0 aliphatic carbocycles. The van der Waals surface area contributed by atoms with E-state index in [1.54, 1.807) is 4.31 Å². The van der Waals surface area contributed by atoms with E-state index in [-0.39, 0.29) is 5.92 Å². The molecule has 1 fully saturated rings. The first-order valence-electron chi connectivity index (χ1n) is 6.10. The molecule has 1 aliphatic rings. The van der Waals surface area contributed by atoms with Crippen molar-refractivity contribution in [2.24, 2.45) is 0 Å². The number of anilines is 1. The molecule has 100 valence electrons. The molecule has 0 spiro atoms. The zero-order chi connectivity index (χ0) is 13.2. The summed E-state index contributed by atoms with van der Waals surface area (Å²) in [4.78, 5) is 4.50. The number of sulfonamides is 1. The Morgan fingerprint density at radius 1 is 1.44 bits per heavy atom. The Kier molecular flexibility index (Phi) is 3.87. The first-order valence-corrected chi connectivity index (χ1v) is 7.95. The second kappa shape index (κ2) is 5.24. The van der Waals surface area contributed by atoms with Crippen LogP contribution in [-0.4, -0.2) is 44.1 Å². The Hall–Kier alpha value is -1.14. The highest BCUT2D eigenvalue weighted by Crippen LogP contribution is 2.27. The molecule has 0 unspecified atom stereocenters. The van der Waals surface area contributed by atoms with Crippen LogP contribution in [0.25, 0.3) is 0 Å². The molecule has 0 bridgehead atoms. The third-order valence-corrected chi connectivity index (χ3v) is 4.57. The molecule has 1 atom stereocenters. The minimum Gasteiger partial charge on any atom is -0.373 e. The predicted octanol–water partition coefficient (Wildman–Crippen LogP) is 1.26. The number of nitrogens with zero attached hydrogens (tertiary/aromatic N) is 2. The molecule has 6 heteroatoms. The van der Waals surface area contributed by atoms with E-state index < -0.39 is 10.0 Å². The summed E-state index contributed by atoms with van der Waals surface area (Å²) in [7, 11) is -1.26. The molecule has 0 radical (unpaired) electrons. The molecule has 5 nitrogen and oxygen atoms in total. The van der Waals surface area contributed by atoms with Gasteiger partial charge in [-0.2, -0.15) is 0 Å². The van der Waals surface area contributed by atoms with E-state index in [4.69, 9.17) is 0 Å². The fourth-order valence-corrected chi connectivity index (χ4v) is 3.21. The summed E-state index contributed by atoms with van der Waals surface area (Å²) in [5, 5.41) is 3.00. The van der Waals surface area contributed by atoms with Gasteiger partial charge in [0.15, 0.2) is 0 Å². The van der Waals surface area contributed by atoms with Gasteiger partial charge in [0.1, 0.15) is 5.82 Å². The van der Waals surface area contributed by atoms with Crippen LogP contribution in [0.4, 0.5) is 5.82 Å². The van der Waals surface area contributed by atoms with Crippen molar-refractivity contribution in [3.63, 3.8) is 0 Å². The van der Waals surface area contributed by atoms with Crippen molar-refractivity contribution in [3.8, 4) is 0 Å². The van der Waals surface area contributed by atoms with Crippen LogP contribution in [0.1, 0.15) is 24.5 Å². The second-order valence-electron chi connectivity index (χ2n) is 4.66. The number of hydrogen-bond donors (Lipinski definition) is 1. The minimum absolute atomic E-state index is 0.196. The Bertz CT molecular complexity index is 516. The quantitative estimate of drug-likeness (QED) is 0.897. The number of hydrogen-bond acceptors (Lipinski definition) is 4. The van der Waals surface area contributed by atoms with Crippen molar-refractivity contribution in [2.75, 3.05) is 31.7 Å². The smallest absolute Gasteiger partial charge is 0.211 e. The summed E-state index contributed by atoms with van der Waals surface area (Å²) in [5.74, 6) is 1.02. The molecule has 1 N–H and O–H groups in total. The molecule has 2 rings (SSSR count). The largest absolute Gasteiger partial charge is 0.373 e. The van der Waals surface area contributed by atoms with Gasteiger partial charge in [0, 0.05) is 31.7 Å². The third-order valence-electron chi connectivity index (χ3n) is 3.30. The van der Waals surface area contributed by atoms with Crippen molar-refractivity contribution in [1.82, 2.24) is 9.29 Å². The summed E-state index contributed by atoms with van der Waals surface area (Å²) < 4.78 is 24.7. The van der Waals surface area contributed by atoms with Gasteiger partial charge < -0.3 is 5.32 Å². The first kappa shape index (κ1) is 13.3. The molecule has 1 aromatic heterocycles. The van der Waals surface area contributed by atoms with Crippen molar-refractivity contribution >= 4 is 15.8 Å². The first-order chi connectivity index (χ1) is 8.50. The fraction of sp³-hybridized carbons (Fsp3) is 0.583. The van der Waals surface area contributed by atoms with E-state index in [0.29, 0.717) is 13.1 Å². The van der Waals surface area contributed by atoms with Crippen LogP contribution >= 0.6 is 0 Å². The third kappa shape index (κ3) is 3.00. The number of rotatable bonds is 3. The summed E-state index contributed by atoms with van der Waals surface area (Å²) in [5.41, 5.74) is 0.968. The Morgan fingerprint density at radius 3 is 2.89 bits per heavy atom. The van der Waals surface area contributed by atoms with Crippen molar-refractivity contribution in [1.29, 1.82) is 0 Å². The van der Waals surface area contributed by atoms with Gasteiger partial charge >= 0.3 is 0 Å². The van der Waals surface area contributed by atoms with Gasteiger partial charge in [-0.1, -0.05) is 6.07 Å². The highest BCUT2D eigenvalue weighted by atomic mass is 32.2. The van der Waals surface area contributed by atoms with E-state index >= 15 is 0 Å². The average molecular weight is 269 g/mol. The van der Waals surface area contributed by atoms with Crippen LogP contribution in [0.5, 0.6) is 0 Å². The SMILES string of the molecule is CNc1cccc([C@@H]2CCCN(S(C)(=O)=O)C2)n1. The maximum Gasteiger partial charge on any atom is 0.211 e. The van der Waals surface area contributed by atoms with Crippen LogP contribution in [0, 0.1) is 0 Å². The van der Waals surface area contributed by atoms with Crippen LogP contribution in [0.3, 0.4) is 0 Å². The fourth-order valence-electron chi connectivity index (χ4n) is 2.30. The lowest BCUT2D eigenvalue weighted by atomic mass is 9.96. The van der Waals surface area contributed by atoms with E-state index in [1.165, 1.54) is 6.26 Å². The van der Waals surface area contributed by atoms with Crippen LogP contribution in [0.15, 0.2) is 18.2 Å². The number of pyridine rings is 1. The maximum atomic E-state index is 11.6. The molecular formula is C12H19N3O2S. The van der Waals surface area contributed by atoms with Crippen LogP contribution in [-0.2, 0) is 10.0 Å². The number of aromatic nitrogens is 1. The molecule has 2 heterocycles. The lowest BCUT2D eigenvalue weighted by Gasteiger charge is -2.30. The van der Waals surface area contributed by atoms with Crippen molar-refractivity contribution < 1.29 is 8.42 Å². The van der Waals surface area contributed by atoms with Crippen molar-refractivity contribution in [3.05, 3.63) is 23.9 Å². The predicted molar refractivity (Wildman–Crippen MR) is 72.2 cm³/mol. The van der Waals surface area contributed by atoms with Gasteiger partial charge in [0.05, 0.1) is 6.26 Å². The van der Waals surface area contributed by atoms with Gasteiger partial charge in [-0.3, -0.25) is 0 Å². The molecular weight excluding hydrogens is 250 g/mol. The van der Waals surface area contributed by atoms with Gasteiger partial charge in [-0.25, -0.2) is 17.7 Å². The summed E-state index contributed by atoms with van der Waals surface area (Å²) in [6.07, 6.45) is 3.15. The molecule has 1 aliphatic heterocycles. The van der Waals surface area contributed by atoms with Crippen molar-refractivity contribution in [2.45, 2.75) is 18.8 Å². The van der Waals surface area contributed by atoms with Gasteiger partial charge in [-0.15, -0.1) is 0 Å². The highest BCUT2D eigenvalue weighted by Gasteiger charge is 2.27. The Labute approximate surface area is 108 Å². The Morgan fingerprint density at radius 2 is 2.22 bits per heavy atom. The Balaban J connectivity index is 2.18. The van der Waals surface area contributed by atoms with E-state index in [1.807, 2.05) is 25.2 Å². The van der Waals surface area contributed by atoms with E-state index in [2.05, 4.69) is 10.3 Å². The van der Waals surface area contributed by atoms with Crippen LogP contribution < -0.4 is 5.32 Å². The topological polar surface area (TPSA) is 62.3 Å². The standard InChI is InChI=1S/C12H19N3O2S/c1-13-12-7-3-6-11(14-12)10-5-4-8-15(9-10)18(2,16)17/h3,6-7,10H,4-5,8-9H2,1-2H3,(H,13,14)/t10-/m1/s1. The van der Waals surface area contributed by atoms with Gasteiger partial charge in [0.2, 0.25) is 10.0 Å². The lowest BCUT2D eigenvalue weighted by Crippen LogP contribution is -2.38. The molecule has 1 aromatic rings. The van der Waals surface area contributed by atoms with E-state index in [9.17, 15) is 8.42 Å². The van der Waals surface area contributed by atoms with Gasteiger partial charge in [-0.05, 0) is 25.0 Å². The highest BCUT2D eigenvalue weighted by molar-refractivity contribution is 7.88. The molecule has 0 aromatic carbocycles. The van der Waals surface area contributed by atoms with Crippen LogP contribution in [0.2, 0.25) is 0 Å². The summed E-state index contributed by atoms with van der Waals surface area (Å²) >= 11 is 0. The molecule has 0 saturated carbocycles. The molecule has 0 amide bonds.